The number of fused-ring (bicyclic) bond motifs is 2. The van der Waals surface area contributed by atoms with E-state index >= 15 is 0 Å². The van der Waals surface area contributed by atoms with Gasteiger partial charge in [-0.25, -0.2) is 0 Å². The summed E-state index contributed by atoms with van der Waals surface area (Å²) in [5.41, 5.74) is 2.90. The van der Waals surface area contributed by atoms with E-state index in [4.69, 9.17) is 9.47 Å². The Morgan fingerprint density at radius 3 is 2.82 bits per heavy atom. The number of amides is 2. The van der Waals surface area contributed by atoms with E-state index in [0.29, 0.717) is 30.9 Å². The summed E-state index contributed by atoms with van der Waals surface area (Å²) < 4.78 is 10.7. The van der Waals surface area contributed by atoms with Gasteiger partial charge in [0.2, 0.25) is 18.6 Å². The molecule has 2 heterocycles. The molecule has 2 aromatic carbocycles. The molecule has 0 aromatic heterocycles. The third-order valence-corrected chi connectivity index (χ3v) is 5.26. The number of carbonyl (C=O) groups is 2. The Balaban J connectivity index is 1.51. The van der Waals surface area contributed by atoms with Crippen LogP contribution in [0.15, 0.2) is 42.5 Å². The van der Waals surface area contributed by atoms with Gasteiger partial charge in [-0.1, -0.05) is 31.2 Å². The lowest BCUT2D eigenvalue weighted by atomic mass is 10.1. The van der Waals surface area contributed by atoms with Gasteiger partial charge in [-0.05, 0) is 48.6 Å². The van der Waals surface area contributed by atoms with E-state index in [1.165, 1.54) is 0 Å². The minimum Gasteiger partial charge on any atom is -0.454 e. The first-order valence-electron chi connectivity index (χ1n) is 9.73. The molecule has 0 fully saturated rings. The molecule has 0 bridgehead atoms. The van der Waals surface area contributed by atoms with Crippen LogP contribution < -0.4 is 19.7 Å². The summed E-state index contributed by atoms with van der Waals surface area (Å²) in [6.07, 6.45) is 2.67. The first kappa shape index (κ1) is 18.3. The Bertz CT molecular complexity index is 896. The number of ether oxygens (including phenoxy) is 2. The molecular formula is C22H24N2O4. The number of nitrogens with one attached hydrogen (secondary N) is 1. The maximum atomic E-state index is 13.0. The molecule has 0 aliphatic carbocycles. The minimum absolute atomic E-state index is 0.00929. The highest BCUT2D eigenvalue weighted by atomic mass is 16.7. The number of hydrogen-bond acceptors (Lipinski definition) is 4. The van der Waals surface area contributed by atoms with E-state index < -0.39 is 6.04 Å². The van der Waals surface area contributed by atoms with Crippen molar-refractivity contribution in [2.75, 3.05) is 11.7 Å². The summed E-state index contributed by atoms with van der Waals surface area (Å²) in [6, 6.07) is 13.0. The van der Waals surface area contributed by atoms with Gasteiger partial charge < -0.3 is 14.8 Å². The Morgan fingerprint density at radius 1 is 1.14 bits per heavy atom. The van der Waals surface area contributed by atoms with E-state index in [1.807, 2.05) is 49.4 Å². The van der Waals surface area contributed by atoms with Gasteiger partial charge in [-0.2, -0.15) is 0 Å². The summed E-state index contributed by atoms with van der Waals surface area (Å²) in [5.74, 6) is 1.27. The minimum atomic E-state index is -0.527. The van der Waals surface area contributed by atoms with Crippen molar-refractivity contribution in [3.63, 3.8) is 0 Å². The molecule has 6 nitrogen and oxygen atoms in total. The molecule has 2 aliphatic heterocycles. The lowest BCUT2D eigenvalue weighted by Crippen LogP contribution is -2.49. The molecular weight excluding hydrogens is 356 g/mol. The topological polar surface area (TPSA) is 67.9 Å². The van der Waals surface area contributed by atoms with Crippen LogP contribution in [0.4, 0.5) is 5.69 Å². The molecule has 0 radical (unpaired) electrons. The van der Waals surface area contributed by atoms with Gasteiger partial charge in [0, 0.05) is 18.7 Å². The summed E-state index contributed by atoms with van der Waals surface area (Å²) >= 11 is 0. The smallest absolute Gasteiger partial charge is 0.243 e. The van der Waals surface area contributed by atoms with Crippen LogP contribution >= 0.6 is 0 Å². The van der Waals surface area contributed by atoms with Crippen molar-refractivity contribution in [3.8, 4) is 11.5 Å². The van der Waals surface area contributed by atoms with E-state index in [-0.39, 0.29) is 18.6 Å². The second kappa shape index (κ2) is 7.92. The monoisotopic (exact) mass is 380 g/mol. The zero-order chi connectivity index (χ0) is 19.5. The van der Waals surface area contributed by atoms with Crippen LogP contribution in [-0.2, 0) is 22.6 Å². The standard InChI is InChI=1S/C22H24N2O4/c1-2-17(24-18-8-4-3-6-16(18)7-5-9-21(24)25)22(26)23-13-15-10-11-19-20(12-15)28-14-27-19/h3-4,6,8,10-12,17H,2,5,7,9,13-14H2,1H3,(H,23,26). The zero-order valence-corrected chi connectivity index (χ0v) is 15.9. The van der Waals surface area contributed by atoms with Gasteiger partial charge in [0.05, 0.1) is 0 Å². The number of carbonyl (C=O) groups excluding carboxylic acids is 2. The SMILES string of the molecule is CCC(C(=O)NCc1ccc2c(c1)OCO2)N1C(=O)CCCc2ccccc21. The molecule has 0 spiro atoms. The molecule has 0 saturated heterocycles. The normalized spacial score (nSPS) is 16.3. The Hall–Kier alpha value is -3.02. The van der Waals surface area contributed by atoms with Crippen molar-refractivity contribution in [1.29, 1.82) is 0 Å². The van der Waals surface area contributed by atoms with Gasteiger partial charge in [0.25, 0.3) is 0 Å². The number of aryl methyl sites for hydroxylation is 1. The van der Waals surface area contributed by atoms with Crippen molar-refractivity contribution < 1.29 is 19.1 Å². The number of nitrogens with zero attached hydrogens (tertiary/aromatic N) is 1. The number of rotatable bonds is 5. The van der Waals surface area contributed by atoms with Crippen LogP contribution in [0, 0.1) is 0 Å². The van der Waals surface area contributed by atoms with Crippen LogP contribution in [0.5, 0.6) is 11.5 Å². The van der Waals surface area contributed by atoms with Gasteiger partial charge >= 0.3 is 0 Å². The Labute approximate surface area is 164 Å². The summed E-state index contributed by atoms with van der Waals surface area (Å²) in [7, 11) is 0. The quantitative estimate of drug-likeness (QED) is 0.865. The van der Waals surface area contributed by atoms with E-state index in [2.05, 4.69) is 5.32 Å². The maximum absolute atomic E-state index is 13.0. The van der Waals surface area contributed by atoms with Gasteiger partial charge in [0.1, 0.15) is 6.04 Å². The summed E-state index contributed by atoms with van der Waals surface area (Å²) in [4.78, 5) is 27.5. The van der Waals surface area contributed by atoms with Gasteiger partial charge in [0.15, 0.2) is 11.5 Å². The molecule has 2 amide bonds. The van der Waals surface area contributed by atoms with Gasteiger partial charge in [-0.15, -0.1) is 0 Å². The van der Waals surface area contributed by atoms with E-state index in [1.54, 1.807) is 4.90 Å². The molecule has 1 atom stereocenters. The number of anilines is 1. The first-order chi connectivity index (χ1) is 13.7. The fourth-order valence-corrected chi connectivity index (χ4v) is 3.83. The second-order valence-electron chi connectivity index (χ2n) is 7.08. The predicted molar refractivity (Wildman–Crippen MR) is 105 cm³/mol. The molecule has 1 unspecified atom stereocenters. The lowest BCUT2D eigenvalue weighted by molar-refractivity contribution is -0.126. The van der Waals surface area contributed by atoms with E-state index in [9.17, 15) is 9.59 Å². The molecule has 28 heavy (non-hydrogen) atoms. The van der Waals surface area contributed by atoms with Crippen molar-refractivity contribution in [3.05, 3.63) is 53.6 Å². The molecule has 2 aliphatic rings. The average molecular weight is 380 g/mol. The lowest BCUT2D eigenvalue weighted by Gasteiger charge is -2.30. The molecule has 2 aromatic rings. The van der Waals surface area contributed by atoms with Crippen molar-refractivity contribution in [2.45, 2.75) is 45.2 Å². The first-order valence-corrected chi connectivity index (χ1v) is 9.73. The highest BCUT2D eigenvalue weighted by Gasteiger charge is 2.32. The summed E-state index contributed by atoms with van der Waals surface area (Å²) in [5, 5.41) is 2.98. The number of para-hydroxylation sites is 1. The molecule has 1 N–H and O–H groups in total. The largest absolute Gasteiger partial charge is 0.454 e. The predicted octanol–water partition coefficient (Wildman–Crippen LogP) is 3.18. The van der Waals surface area contributed by atoms with Crippen molar-refractivity contribution >= 4 is 17.5 Å². The van der Waals surface area contributed by atoms with Crippen molar-refractivity contribution in [1.82, 2.24) is 5.32 Å². The Kier molecular flexibility index (Phi) is 5.19. The molecule has 6 heteroatoms. The fraction of sp³-hybridized carbons (Fsp3) is 0.364. The highest BCUT2D eigenvalue weighted by Crippen LogP contribution is 2.33. The molecule has 146 valence electrons. The van der Waals surface area contributed by atoms with Gasteiger partial charge in [-0.3, -0.25) is 14.5 Å². The third-order valence-electron chi connectivity index (χ3n) is 5.26. The van der Waals surface area contributed by atoms with Crippen LogP contribution in [0.3, 0.4) is 0 Å². The highest BCUT2D eigenvalue weighted by molar-refractivity contribution is 6.01. The average Bonchev–Trinajstić information content (AvgIpc) is 3.12. The second-order valence-corrected chi connectivity index (χ2v) is 7.08. The number of hydrogen-bond donors (Lipinski definition) is 1. The van der Waals surface area contributed by atoms with Crippen LogP contribution in [0.2, 0.25) is 0 Å². The van der Waals surface area contributed by atoms with E-state index in [0.717, 1.165) is 29.7 Å². The molecule has 0 saturated carbocycles. The van der Waals surface area contributed by atoms with Crippen LogP contribution in [0.25, 0.3) is 0 Å². The van der Waals surface area contributed by atoms with Crippen LogP contribution in [-0.4, -0.2) is 24.6 Å². The number of benzene rings is 2. The van der Waals surface area contributed by atoms with Crippen molar-refractivity contribution in [2.24, 2.45) is 0 Å². The molecule has 4 rings (SSSR count). The maximum Gasteiger partial charge on any atom is 0.243 e. The zero-order valence-electron chi connectivity index (χ0n) is 15.9. The Morgan fingerprint density at radius 2 is 1.96 bits per heavy atom. The van der Waals surface area contributed by atoms with Crippen LogP contribution in [0.1, 0.15) is 37.3 Å². The third kappa shape index (κ3) is 3.54. The fourth-order valence-electron chi connectivity index (χ4n) is 3.83. The summed E-state index contributed by atoms with van der Waals surface area (Å²) in [6.45, 7) is 2.53.